The largest absolute Gasteiger partial charge is 0.508 e. The fourth-order valence-electron chi connectivity index (χ4n) is 4.05. The van der Waals surface area contributed by atoms with E-state index in [1.807, 2.05) is 24.3 Å². The molecule has 1 N–H and O–H groups in total. The van der Waals surface area contributed by atoms with Crippen LogP contribution in [0, 0.1) is 0 Å². The molecule has 0 spiro atoms. The fourth-order valence-corrected chi connectivity index (χ4v) is 4.05. The molecule has 0 bridgehead atoms. The van der Waals surface area contributed by atoms with Crippen LogP contribution in [0.15, 0.2) is 82.0 Å². The summed E-state index contributed by atoms with van der Waals surface area (Å²) in [4.78, 5) is 28.4. The van der Waals surface area contributed by atoms with Gasteiger partial charge in [-0.3, -0.25) is 14.5 Å². The van der Waals surface area contributed by atoms with Crippen molar-refractivity contribution in [2.24, 2.45) is 0 Å². The van der Waals surface area contributed by atoms with Crippen molar-refractivity contribution in [1.29, 1.82) is 0 Å². The number of benzene rings is 3. The number of aryl methyl sites for hydroxylation is 1. The Labute approximate surface area is 172 Å². The average molecular weight is 397 g/mol. The van der Waals surface area contributed by atoms with E-state index in [1.54, 1.807) is 53.4 Å². The highest BCUT2D eigenvalue weighted by Gasteiger charge is 2.43. The van der Waals surface area contributed by atoms with Crippen LogP contribution in [-0.4, -0.2) is 11.0 Å². The normalized spacial score (nSPS) is 15.6. The molecule has 3 aromatic carbocycles. The average Bonchev–Trinajstić information content (AvgIpc) is 3.07. The van der Waals surface area contributed by atoms with Gasteiger partial charge in [-0.15, -0.1) is 0 Å². The van der Waals surface area contributed by atoms with E-state index >= 15 is 0 Å². The van der Waals surface area contributed by atoms with Crippen molar-refractivity contribution in [3.63, 3.8) is 0 Å². The number of carbonyl (C=O) groups excluding carboxylic acids is 1. The quantitative estimate of drug-likeness (QED) is 0.539. The molecule has 5 heteroatoms. The van der Waals surface area contributed by atoms with Crippen molar-refractivity contribution in [2.75, 3.05) is 4.90 Å². The summed E-state index contributed by atoms with van der Waals surface area (Å²) in [5.74, 6) is -0.167. The molecule has 0 aliphatic carbocycles. The van der Waals surface area contributed by atoms with Crippen molar-refractivity contribution in [2.45, 2.75) is 19.4 Å². The number of fused-ring (bicyclic) bond motifs is 2. The monoisotopic (exact) mass is 397 g/mol. The molecule has 1 aliphatic heterocycles. The maximum atomic E-state index is 13.4. The zero-order valence-corrected chi connectivity index (χ0v) is 16.3. The van der Waals surface area contributed by atoms with Gasteiger partial charge in [0.1, 0.15) is 11.3 Å². The van der Waals surface area contributed by atoms with Gasteiger partial charge in [0, 0.05) is 5.69 Å². The third-order valence-corrected chi connectivity index (χ3v) is 5.61. The van der Waals surface area contributed by atoms with Crippen molar-refractivity contribution in [3.8, 4) is 5.75 Å². The molecule has 0 saturated heterocycles. The topological polar surface area (TPSA) is 70.8 Å². The molecule has 30 heavy (non-hydrogen) atoms. The Hall–Kier alpha value is -3.86. The lowest BCUT2D eigenvalue weighted by atomic mass is 9.98. The van der Waals surface area contributed by atoms with Crippen LogP contribution in [-0.2, 0) is 6.42 Å². The SMILES string of the molecule is CCc1ccc(N2C(=O)c3oc4ccccc4c(=O)c3C2c2ccc(O)cc2)cc1. The summed E-state index contributed by atoms with van der Waals surface area (Å²) < 4.78 is 5.93. The van der Waals surface area contributed by atoms with E-state index in [0.29, 0.717) is 22.2 Å². The van der Waals surface area contributed by atoms with Crippen LogP contribution in [0.4, 0.5) is 5.69 Å². The molecule has 2 heterocycles. The first-order valence-corrected chi connectivity index (χ1v) is 9.85. The summed E-state index contributed by atoms with van der Waals surface area (Å²) >= 11 is 0. The molecule has 5 nitrogen and oxygen atoms in total. The fraction of sp³-hybridized carbons (Fsp3) is 0.120. The molecule has 1 atom stereocenters. The van der Waals surface area contributed by atoms with Crippen LogP contribution in [0.5, 0.6) is 5.75 Å². The first kappa shape index (κ1) is 18.2. The van der Waals surface area contributed by atoms with Gasteiger partial charge in [0.25, 0.3) is 5.91 Å². The summed E-state index contributed by atoms with van der Waals surface area (Å²) in [7, 11) is 0. The minimum atomic E-state index is -0.638. The minimum Gasteiger partial charge on any atom is -0.508 e. The highest BCUT2D eigenvalue weighted by Crippen LogP contribution is 2.41. The van der Waals surface area contributed by atoms with Crippen LogP contribution in [0.2, 0.25) is 0 Å². The van der Waals surface area contributed by atoms with E-state index in [0.717, 1.165) is 17.5 Å². The Morgan fingerprint density at radius 1 is 0.933 bits per heavy atom. The number of hydrogen-bond acceptors (Lipinski definition) is 4. The number of carbonyl (C=O) groups is 1. The summed E-state index contributed by atoms with van der Waals surface area (Å²) in [6.45, 7) is 2.07. The van der Waals surface area contributed by atoms with Gasteiger partial charge in [0.2, 0.25) is 5.76 Å². The lowest BCUT2D eigenvalue weighted by molar-refractivity contribution is 0.0971. The molecule has 148 valence electrons. The molecule has 4 aromatic rings. The summed E-state index contributed by atoms with van der Waals surface area (Å²) in [5, 5.41) is 10.2. The Kier molecular flexibility index (Phi) is 4.17. The van der Waals surface area contributed by atoms with Crippen molar-refractivity contribution in [1.82, 2.24) is 0 Å². The van der Waals surface area contributed by atoms with Crippen LogP contribution in [0.25, 0.3) is 11.0 Å². The number of aromatic hydroxyl groups is 1. The van der Waals surface area contributed by atoms with Gasteiger partial charge < -0.3 is 9.52 Å². The molecule has 5 rings (SSSR count). The molecule has 1 unspecified atom stereocenters. The van der Waals surface area contributed by atoms with E-state index < -0.39 is 6.04 Å². The van der Waals surface area contributed by atoms with E-state index in [-0.39, 0.29) is 22.8 Å². The Bertz CT molecular complexity index is 1320. The molecule has 0 saturated carbocycles. The number of phenolic OH excluding ortho intramolecular Hbond substituents is 1. The second kappa shape index (κ2) is 6.88. The molecule has 1 aromatic heterocycles. The van der Waals surface area contributed by atoms with E-state index in [2.05, 4.69) is 6.92 Å². The third-order valence-electron chi connectivity index (χ3n) is 5.61. The molecule has 1 aliphatic rings. The maximum absolute atomic E-state index is 13.4. The number of nitrogens with zero attached hydrogens (tertiary/aromatic N) is 1. The van der Waals surface area contributed by atoms with Gasteiger partial charge in [-0.25, -0.2) is 0 Å². The van der Waals surface area contributed by atoms with Crippen molar-refractivity contribution in [3.05, 3.63) is 105 Å². The molecule has 0 radical (unpaired) electrons. The van der Waals surface area contributed by atoms with Gasteiger partial charge >= 0.3 is 0 Å². The third kappa shape index (κ3) is 2.70. The Balaban J connectivity index is 1.78. The van der Waals surface area contributed by atoms with Gasteiger partial charge in [-0.1, -0.05) is 43.3 Å². The second-order valence-electron chi connectivity index (χ2n) is 7.36. The Morgan fingerprint density at radius 2 is 1.63 bits per heavy atom. The van der Waals surface area contributed by atoms with Crippen LogP contribution >= 0.6 is 0 Å². The zero-order chi connectivity index (χ0) is 20.8. The van der Waals surface area contributed by atoms with E-state index in [4.69, 9.17) is 4.42 Å². The lowest BCUT2D eigenvalue weighted by Crippen LogP contribution is -2.29. The van der Waals surface area contributed by atoms with Gasteiger partial charge in [0.15, 0.2) is 5.43 Å². The highest BCUT2D eigenvalue weighted by molar-refractivity contribution is 6.10. The predicted molar refractivity (Wildman–Crippen MR) is 115 cm³/mol. The van der Waals surface area contributed by atoms with Crippen molar-refractivity contribution < 1.29 is 14.3 Å². The number of anilines is 1. The number of para-hydroxylation sites is 1. The number of rotatable bonds is 3. The number of phenols is 1. The first-order chi connectivity index (χ1) is 14.6. The van der Waals surface area contributed by atoms with Gasteiger partial charge in [-0.2, -0.15) is 0 Å². The summed E-state index contributed by atoms with van der Waals surface area (Å²) in [5.41, 5.74) is 3.06. The predicted octanol–water partition coefficient (Wildman–Crippen LogP) is 4.81. The smallest absolute Gasteiger partial charge is 0.295 e. The van der Waals surface area contributed by atoms with Gasteiger partial charge in [-0.05, 0) is 53.9 Å². The van der Waals surface area contributed by atoms with Crippen LogP contribution in [0.3, 0.4) is 0 Å². The standard InChI is InChI=1S/C25H19NO4/c1-2-15-7-11-17(12-8-15)26-22(16-9-13-18(27)14-10-16)21-23(28)19-5-3-4-6-20(19)30-24(21)25(26)29/h3-14,22,27H,2H2,1H3. The molecule has 0 fully saturated rings. The van der Waals surface area contributed by atoms with E-state index in [1.165, 1.54) is 0 Å². The Morgan fingerprint density at radius 3 is 2.33 bits per heavy atom. The molecular formula is C25H19NO4. The van der Waals surface area contributed by atoms with Crippen molar-refractivity contribution >= 4 is 22.6 Å². The zero-order valence-electron chi connectivity index (χ0n) is 16.3. The highest BCUT2D eigenvalue weighted by atomic mass is 16.3. The van der Waals surface area contributed by atoms with Gasteiger partial charge in [0.05, 0.1) is 17.0 Å². The first-order valence-electron chi connectivity index (χ1n) is 9.85. The second-order valence-corrected chi connectivity index (χ2v) is 7.36. The number of hydrogen-bond donors (Lipinski definition) is 1. The minimum absolute atomic E-state index is 0.0661. The summed E-state index contributed by atoms with van der Waals surface area (Å²) in [6.07, 6.45) is 0.890. The van der Waals surface area contributed by atoms with Crippen LogP contribution in [0.1, 0.15) is 40.2 Å². The van der Waals surface area contributed by atoms with E-state index in [9.17, 15) is 14.7 Å². The maximum Gasteiger partial charge on any atom is 0.295 e. The summed E-state index contributed by atoms with van der Waals surface area (Å²) in [6, 6.07) is 20.6. The molecule has 1 amide bonds. The van der Waals surface area contributed by atoms with Crippen LogP contribution < -0.4 is 10.3 Å². The number of amides is 1. The molecular weight excluding hydrogens is 378 g/mol. The lowest BCUT2D eigenvalue weighted by Gasteiger charge is -2.25.